The lowest BCUT2D eigenvalue weighted by Crippen LogP contribution is -2.37. The van der Waals surface area contributed by atoms with Crippen LogP contribution in [0.15, 0.2) is 54.5 Å². The fourth-order valence-corrected chi connectivity index (χ4v) is 5.71. The molecule has 0 radical (unpaired) electrons. The van der Waals surface area contributed by atoms with Crippen molar-refractivity contribution in [3.63, 3.8) is 0 Å². The summed E-state index contributed by atoms with van der Waals surface area (Å²) in [6.07, 6.45) is 11.6. The summed E-state index contributed by atoms with van der Waals surface area (Å²) in [7, 11) is 0. The molecule has 8 N–H and O–H groups in total. The van der Waals surface area contributed by atoms with Gasteiger partial charge in [-0.05, 0) is 84.9 Å². The van der Waals surface area contributed by atoms with Crippen molar-refractivity contribution in [2.75, 3.05) is 13.1 Å². The summed E-state index contributed by atoms with van der Waals surface area (Å²) >= 11 is 0. The van der Waals surface area contributed by atoms with Crippen molar-refractivity contribution in [2.45, 2.75) is 62.2 Å². The van der Waals surface area contributed by atoms with Crippen LogP contribution in [0.2, 0.25) is 0 Å². The molecule has 182 valence electrons. The monoisotopic (exact) mass is 468 g/mol. The average Bonchev–Trinajstić information content (AvgIpc) is 3.71. The van der Waals surface area contributed by atoms with Gasteiger partial charge in [0.15, 0.2) is 0 Å². The van der Waals surface area contributed by atoms with Crippen LogP contribution in [0.4, 0.5) is 0 Å². The molecular weight excluding hydrogens is 432 g/mol. The zero-order chi connectivity index (χ0) is 23.8. The molecule has 2 aromatic rings. The van der Waals surface area contributed by atoms with Gasteiger partial charge >= 0.3 is 0 Å². The molecule has 2 aliphatic heterocycles. The molecule has 1 spiro atoms. The SMILES string of the molecule is N/C(C#Cc1ccc2cc(/C(N)=C/NC[C@@H]3CCC4(CC4)N3)ccc2c1)=C\NC[C@@H]1C[C@H]2C[C@H]2N1. The lowest BCUT2D eigenvalue weighted by Gasteiger charge is -2.13. The van der Waals surface area contributed by atoms with Crippen molar-refractivity contribution < 1.29 is 0 Å². The van der Waals surface area contributed by atoms with Crippen molar-refractivity contribution in [1.29, 1.82) is 0 Å². The topological polar surface area (TPSA) is 100 Å². The maximum atomic E-state index is 6.36. The van der Waals surface area contributed by atoms with Crippen LogP contribution in [0, 0.1) is 17.8 Å². The largest absolute Gasteiger partial charge is 0.397 e. The number of benzene rings is 2. The number of hydrogen-bond acceptors (Lipinski definition) is 6. The van der Waals surface area contributed by atoms with Crippen LogP contribution in [-0.2, 0) is 0 Å². The van der Waals surface area contributed by atoms with Gasteiger partial charge in [0.1, 0.15) is 0 Å². The molecule has 2 saturated heterocycles. The van der Waals surface area contributed by atoms with Crippen molar-refractivity contribution in [2.24, 2.45) is 17.4 Å². The smallest absolute Gasteiger partial charge is 0.0990 e. The Morgan fingerprint density at radius 3 is 2.57 bits per heavy atom. The third kappa shape index (κ3) is 5.27. The van der Waals surface area contributed by atoms with Crippen molar-refractivity contribution in [1.82, 2.24) is 21.3 Å². The van der Waals surface area contributed by atoms with E-state index < -0.39 is 0 Å². The number of allylic oxidation sites excluding steroid dienone is 1. The average molecular weight is 469 g/mol. The van der Waals surface area contributed by atoms with Gasteiger partial charge in [-0.3, -0.25) is 0 Å². The fraction of sp³-hybridized carbons (Fsp3) is 0.448. The number of hydrogen-bond donors (Lipinski definition) is 6. The lowest BCUT2D eigenvalue weighted by atomic mass is 10.0. The summed E-state index contributed by atoms with van der Waals surface area (Å²) < 4.78 is 0. The van der Waals surface area contributed by atoms with Gasteiger partial charge in [0.2, 0.25) is 0 Å². The van der Waals surface area contributed by atoms with E-state index in [1.54, 1.807) is 0 Å². The Morgan fingerprint density at radius 1 is 0.971 bits per heavy atom. The van der Waals surface area contributed by atoms with Crippen LogP contribution in [0.3, 0.4) is 0 Å². The normalized spacial score (nSPS) is 28.5. The van der Waals surface area contributed by atoms with Crippen molar-refractivity contribution in [3.05, 3.63) is 65.6 Å². The molecule has 2 aliphatic carbocycles. The molecule has 35 heavy (non-hydrogen) atoms. The van der Waals surface area contributed by atoms with E-state index in [2.05, 4.69) is 63.4 Å². The summed E-state index contributed by atoms with van der Waals surface area (Å²) in [6.45, 7) is 1.82. The van der Waals surface area contributed by atoms with Crippen LogP contribution >= 0.6 is 0 Å². The molecule has 6 nitrogen and oxygen atoms in total. The second-order valence-corrected chi connectivity index (χ2v) is 10.9. The second-order valence-electron chi connectivity index (χ2n) is 10.9. The fourth-order valence-electron chi connectivity index (χ4n) is 5.71. The highest BCUT2D eigenvalue weighted by molar-refractivity contribution is 5.87. The van der Waals surface area contributed by atoms with E-state index in [1.165, 1.54) is 38.5 Å². The zero-order valence-electron chi connectivity index (χ0n) is 20.2. The van der Waals surface area contributed by atoms with E-state index in [-0.39, 0.29) is 0 Å². The van der Waals surface area contributed by atoms with E-state index in [4.69, 9.17) is 11.5 Å². The van der Waals surface area contributed by atoms with Crippen LogP contribution < -0.4 is 32.7 Å². The summed E-state index contributed by atoms with van der Waals surface area (Å²) in [5.41, 5.74) is 16.2. The first-order valence-electron chi connectivity index (χ1n) is 13.0. The molecule has 0 bridgehead atoms. The van der Waals surface area contributed by atoms with E-state index >= 15 is 0 Å². The third-order valence-electron chi connectivity index (χ3n) is 8.06. The Hall–Kier alpha value is -3.14. The molecule has 0 amide bonds. The number of fused-ring (bicyclic) bond motifs is 2. The first kappa shape index (κ1) is 22.3. The standard InChI is InChI=1S/C29H36N6/c30-24(15-32-17-26-13-23-14-28(23)34-26)6-2-19-1-3-21-12-22(5-4-20(21)11-19)27(31)18-33-16-25-7-8-29(35-25)9-10-29/h1,3-5,11-12,15,18,23,25-26,28,32-35H,7-10,13-14,16-17,30-31H2/b24-15-,27-18-/t23-,25-,26-,28+/m0/s1. The molecule has 0 unspecified atom stereocenters. The molecule has 4 fully saturated rings. The highest BCUT2D eigenvalue weighted by atomic mass is 15.1. The molecule has 2 saturated carbocycles. The number of nitrogens with two attached hydrogens (primary N) is 2. The van der Waals surface area contributed by atoms with Gasteiger partial charge in [0.05, 0.1) is 11.4 Å². The Morgan fingerprint density at radius 2 is 1.77 bits per heavy atom. The zero-order valence-corrected chi connectivity index (χ0v) is 20.2. The Labute approximate surface area is 208 Å². The van der Waals surface area contributed by atoms with Crippen LogP contribution in [0.1, 0.15) is 49.7 Å². The first-order valence-corrected chi connectivity index (χ1v) is 13.0. The van der Waals surface area contributed by atoms with Crippen LogP contribution in [-0.4, -0.2) is 36.8 Å². The second kappa shape index (κ2) is 9.14. The Bertz CT molecular complexity index is 1220. The highest BCUT2D eigenvalue weighted by Gasteiger charge is 2.47. The van der Waals surface area contributed by atoms with Gasteiger partial charge in [-0.25, -0.2) is 0 Å². The van der Waals surface area contributed by atoms with E-state index in [0.717, 1.165) is 52.6 Å². The van der Waals surface area contributed by atoms with Gasteiger partial charge in [-0.2, -0.15) is 0 Å². The predicted octanol–water partition coefficient (Wildman–Crippen LogP) is 2.46. The first-order chi connectivity index (χ1) is 17.1. The quantitative estimate of drug-likeness (QED) is 0.349. The molecule has 6 rings (SSSR count). The maximum absolute atomic E-state index is 6.36. The van der Waals surface area contributed by atoms with E-state index in [1.807, 2.05) is 18.5 Å². The maximum Gasteiger partial charge on any atom is 0.0990 e. The van der Waals surface area contributed by atoms with Gasteiger partial charge in [0, 0.05) is 54.7 Å². The van der Waals surface area contributed by atoms with Gasteiger partial charge in [0.25, 0.3) is 0 Å². The third-order valence-corrected chi connectivity index (χ3v) is 8.06. The molecule has 4 aliphatic rings. The van der Waals surface area contributed by atoms with Gasteiger partial charge < -0.3 is 32.7 Å². The molecule has 4 atom stereocenters. The molecule has 2 heterocycles. The molecule has 6 heteroatoms. The summed E-state index contributed by atoms with van der Waals surface area (Å²) in [4.78, 5) is 0. The number of rotatable bonds is 7. The number of piperidine rings is 1. The summed E-state index contributed by atoms with van der Waals surface area (Å²) in [5, 5.41) is 16.4. The van der Waals surface area contributed by atoms with E-state index in [0.29, 0.717) is 23.3 Å². The molecule has 0 aromatic heterocycles. The van der Waals surface area contributed by atoms with Gasteiger partial charge in [-0.15, -0.1) is 0 Å². The van der Waals surface area contributed by atoms with Crippen molar-refractivity contribution in [3.8, 4) is 11.8 Å². The van der Waals surface area contributed by atoms with E-state index in [9.17, 15) is 0 Å². The number of nitrogens with one attached hydrogen (secondary N) is 4. The Balaban J connectivity index is 1.03. The molecule has 2 aromatic carbocycles. The molecular formula is C29H36N6. The van der Waals surface area contributed by atoms with Gasteiger partial charge in [-0.1, -0.05) is 24.1 Å². The summed E-state index contributed by atoms with van der Waals surface area (Å²) in [5.74, 6) is 7.14. The minimum atomic E-state index is 0.481. The predicted molar refractivity (Wildman–Crippen MR) is 143 cm³/mol. The highest BCUT2D eigenvalue weighted by Crippen LogP contribution is 2.44. The minimum Gasteiger partial charge on any atom is -0.397 e. The van der Waals surface area contributed by atoms with Crippen LogP contribution in [0.5, 0.6) is 0 Å². The Kier molecular flexibility index (Phi) is 5.83. The lowest BCUT2D eigenvalue weighted by molar-refractivity contribution is 0.516. The summed E-state index contributed by atoms with van der Waals surface area (Å²) in [6, 6.07) is 14.4. The van der Waals surface area contributed by atoms with Crippen LogP contribution in [0.25, 0.3) is 16.5 Å². The van der Waals surface area contributed by atoms with Crippen molar-refractivity contribution >= 4 is 16.5 Å². The minimum absolute atomic E-state index is 0.481.